The van der Waals surface area contributed by atoms with Crippen LogP contribution < -0.4 is 5.43 Å². The van der Waals surface area contributed by atoms with E-state index in [0.29, 0.717) is 23.1 Å². The Kier molecular flexibility index (Phi) is 8.04. The van der Waals surface area contributed by atoms with Gasteiger partial charge in [0.2, 0.25) is 0 Å². The van der Waals surface area contributed by atoms with E-state index < -0.39 is 4.92 Å². The molecule has 0 saturated carbocycles. The Bertz CT molecular complexity index is 1160. The number of benzene rings is 2. The molecule has 3 aromatic rings. The number of amides is 1. The van der Waals surface area contributed by atoms with Crippen molar-refractivity contribution in [3.8, 4) is 11.4 Å². The number of nitro groups is 1. The van der Waals surface area contributed by atoms with Crippen molar-refractivity contribution < 1.29 is 9.72 Å². The van der Waals surface area contributed by atoms with Gasteiger partial charge in [-0.05, 0) is 11.6 Å². The number of allylic oxidation sites excluding steroid dienone is 2. The Balaban J connectivity index is 1.61. The van der Waals surface area contributed by atoms with Crippen LogP contribution in [-0.4, -0.2) is 37.6 Å². The van der Waals surface area contributed by atoms with Crippen molar-refractivity contribution in [2.75, 3.05) is 5.75 Å². The fourth-order valence-electron chi connectivity index (χ4n) is 2.69. The summed E-state index contributed by atoms with van der Waals surface area (Å²) < 4.78 is 1.75. The molecule has 0 unspecified atom stereocenters. The van der Waals surface area contributed by atoms with Gasteiger partial charge in [-0.15, -0.1) is 16.8 Å². The van der Waals surface area contributed by atoms with Gasteiger partial charge in [0.25, 0.3) is 11.6 Å². The first-order valence-corrected chi connectivity index (χ1v) is 10.5. The number of non-ortho nitro benzene ring substituents is 1. The molecule has 0 aliphatic carbocycles. The number of hydrogen-bond donors (Lipinski definition) is 1. The molecule has 32 heavy (non-hydrogen) atoms. The van der Waals surface area contributed by atoms with Crippen LogP contribution in [0.5, 0.6) is 0 Å². The molecule has 0 aliphatic rings. The number of carbonyl (C=O) groups is 1. The molecule has 0 saturated heterocycles. The Morgan fingerprint density at radius 2 is 2.03 bits per heavy atom. The minimum atomic E-state index is -0.465. The Labute approximate surface area is 188 Å². The number of aromatic nitrogens is 3. The van der Waals surface area contributed by atoms with Crippen LogP contribution in [0.1, 0.15) is 5.56 Å². The summed E-state index contributed by atoms with van der Waals surface area (Å²) in [5.41, 5.74) is 4.00. The van der Waals surface area contributed by atoms with E-state index in [2.05, 4.69) is 27.3 Å². The summed E-state index contributed by atoms with van der Waals surface area (Å²) in [6.45, 7) is 4.12. The van der Waals surface area contributed by atoms with E-state index >= 15 is 0 Å². The number of rotatable bonds is 10. The van der Waals surface area contributed by atoms with Crippen LogP contribution in [0.15, 0.2) is 83.6 Å². The maximum atomic E-state index is 12.1. The van der Waals surface area contributed by atoms with E-state index in [0.717, 1.165) is 5.56 Å². The van der Waals surface area contributed by atoms with Gasteiger partial charge in [-0.2, -0.15) is 5.10 Å². The van der Waals surface area contributed by atoms with E-state index in [9.17, 15) is 14.9 Å². The van der Waals surface area contributed by atoms with Crippen LogP contribution in [0.2, 0.25) is 0 Å². The molecule has 2 aromatic carbocycles. The highest BCUT2D eigenvalue weighted by Gasteiger charge is 2.17. The van der Waals surface area contributed by atoms with Crippen molar-refractivity contribution >= 4 is 35.6 Å². The highest BCUT2D eigenvalue weighted by Crippen LogP contribution is 2.26. The van der Waals surface area contributed by atoms with Crippen molar-refractivity contribution in [1.29, 1.82) is 0 Å². The SMILES string of the molecule is C=CCn1c(SCC(=O)N/N=C/C=C/c2ccccc2)nnc1-c1cccc([N+](=O)[O-])c1. The lowest BCUT2D eigenvalue weighted by atomic mass is 10.2. The monoisotopic (exact) mass is 448 g/mol. The number of nitrogens with one attached hydrogen (secondary N) is 1. The molecule has 9 nitrogen and oxygen atoms in total. The lowest BCUT2D eigenvalue weighted by Crippen LogP contribution is -2.19. The Hall–Kier alpha value is -4.05. The van der Waals surface area contributed by atoms with Gasteiger partial charge in [0, 0.05) is 30.5 Å². The molecule has 162 valence electrons. The summed E-state index contributed by atoms with van der Waals surface area (Å²) in [7, 11) is 0. The smallest absolute Gasteiger partial charge is 0.270 e. The van der Waals surface area contributed by atoms with Crippen LogP contribution in [0, 0.1) is 10.1 Å². The highest BCUT2D eigenvalue weighted by atomic mass is 32.2. The van der Waals surface area contributed by atoms with Crippen molar-refractivity contribution in [3.05, 3.63) is 89.0 Å². The second-order valence-electron chi connectivity index (χ2n) is 6.38. The first kappa shape index (κ1) is 22.6. The van der Waals surface area contributed by atoms with Crippen LogP contribution >= 0.6 is 11.8 Å². The Morgan fingerprint density at radius 3 is 2.78 bits per heavy atom. The second-order valence-corrected chi connectivity index (χ2v) is 7.33. The molecule has 0 radical (unpaired) electrons. The fraction of sp³-hybridized carbons (Fsp3) is 0.0909. The average Bonchev–Trinajstić information content (AvgIpc) is 3.21. The fourth-order valence-corrected chi connectivity index (χ4v) is 3.43. The second kappa shape index (κ2) is 11.4. The molecule has 1 aromatic heterocycles. The molecular formula is C22H20N6O3S. The largest absolute Gasteiger partial charge is 0.298 e. The highest BCUT2D eigenvalue weighted by molar-refractivity contribution is 7.99. The quantitative estimate of drug-likeness (QED) is 0.165. The van der Waals surface area contributed by atoms with E-state index in [-0.39, 0.29) is 17.3 Å². The summed E-state index contributed by atoms with van der Waals surface area (Å²) in [6, 6.07) is 15.9. The number of nitro benzene ring substituents is 1. The zero-order chi connectivity index (χ0) is 22.8. The van der Waals surface area contributed by atoms with Crippen molar-refractivity contribution in [1.82, 2.24) is 20.2 Å². The first-order chi connectivity index (χ1) is 15.6. The maximum absolute atomic E-state index is 12.1. The molecule has 0 fully saturated rings. The van der Waals surface area contributed by atoms with Gasteiger partial charge in [-0.1, -0.05) is 66.4 Å². The number of nitrogens with zero attached hydrogens (tertiary/aromatic N) is 5. The molecule has 0 bridgehead atoms. The third kappa shape index (κ3) is 6.22. The minimum absolute atomic E-state index is 0.0385. The van der Waals surface area contributed by atoms with Gasteiger partial charge in [0.15, 0.2) is 11.0 Å². The summed E-state index contributed by atoms with van der Waals surface area (Å²) in [5.74, 6) is 0.231. The normalized spacial score (nSPS) is 11.1. The van der Waals surface area contributed by atoms with Crippen LogP contribution in [-0.2, 0) is 11.3 Å². The predicted octanol–water partition coefficient (Wildman–Crippen LogP) is 3.95. The third-order valence-corrected chi connectivity index (χ3v) is 5.08. The van der Waals surface area contributed by atoms with Gasteiger partial charge in [-0.3, -0.25) is 19.5 Å². The summed E-state index contributed by atoms with van der Waals surface area (Å²) in [6.07, 6.45) is 6.76. The van der Waals surface area contributed by atoms with Gasteiger partial charge in [0.1, 0.15) is 0 Å². The zero-order valence-corrected chi connectivity index (χ0v) is 17.8. The maximum Gasteiger partial charge on any atom is 0.270 e. The van der Waals surface area contributed by atoms with Crippen molar-refractivity contribution in [2.24, 2.45) is 5.10 Å². The summed E-state index contributed by atoms with van der Waals surface area (Å²) >= 11 is 1.19. The topological polar surface area (TPSA) is 115 Å². The number of carbonyl (C=O) groups excluding carboxylic acids is 1. The molecule has 0 aliphatic heterocycles. The van der Waals surface area contributed by atoms with Crippen LogP contribution in [0.4, 0.5) is 5.69 Å². The van der Waals surface area contributed by atoms with Crippen LogP contribution in [0.3, 0.4) is 0 Å². The molecule has 10 heteroatoms. The number of hydrazone groups is 1. The summed E-state index contributed by atoms with van der Waals surface area (Å²) in [5, 5.41) is 23.7. The first-order valence-electron chi connectivity index (χ1n) is 9.54. The zero-order valence-electron chi connectivity index (χ0n) is 17.0. The van der Waals surface area contributed by atoms with Gasteiger partial charge in [0.05, 0.1) is 10.7 Å². The molecule has 1 N–H and O–H groups in total. The van der Waals surface area contributed by atoms with E-state index in [4.69, 9.17) is 0 Å². The average molecular weight is 449 g/mol. The van der Waals surface area contributed by atoms with E-state index in [1.165, 1.54) is 30.1 Å². The third-order valence-electron chi connectivity index (χ3n) is 4.11. The van der Waals surface area contributed by atoms with E-state index in [1.54, 1.807) is 28.9 Å². The van der Waals surface area contributed by atoms with Crippen LogP contribution in [0.25, 0.3) is 17.5 Å². The Morgan fingerprint density at radius 1 is 1.22 bits per heavy atom. The van der Waals surface area contributed by atoms with Gasteiger partial charge >= 0.3 is 0 Å². The molecule has 0 spiro atoms. The molecule has 1 amide bonds. The van der Waals surface area contributed by atoms with Crippen molar-refractivity contribution in [2.45, 2.75) is 11.7 Å². The molecule has 1 heterocycles. The number of hydrogen-bond acceptors (Lipinski definition) is 7. The minimum Gasteiger partial charge on any atom is -0.298 e. The lowest BCUT2D eigenvalue weighted by Gasteiger charge is -2.07. The number of thioether (sulfide) groups is 1. The molecule has 3 rings (SSSR count). The molecule has 0 atom stereocenters. The van der Waals surface area contributed by atoms with Crippen molar-refractivity contribution in [3.63, 3.8) is 0 Å². The van der Waals surface area contributed by atoms with Gasteiger partial charge in [-0.25, -0.2) is 5.43 Å². The molecular weight excluding hydrogens is 428 g/mol. The van der Waals surface area contributed by atoms with Gasteiger partial charge < -0.3 is 0 Å². The van der Waals surface area contributed by atoms with E-state index in [1.807, 2.05) is 36.4 Å². The lowest BCUT2D eigenvalue weighted by molar-refractivity contribution is -0.384. The standard InChI is InChI=1S/C22H20N6O3S/c1-2-14-27-21(18-11-6-12-19(15-18)28(30)31)25-26-22(27)32-16-20(29)24-23-13-7-10-17-8-4-3-5-9-17/h2-13,15H,1,14,16H2,(H,24,29)/b10-7+,23-13+. The predicted molar refractivity (Wildman–Crippen MR) is 125 cm³/mol. The summed E-state index contributed by atoms with van der Waals surface area (Å²) in [4.78, 5) is 22.7.